The first-order valence-electron chi connectivity index (χ1n) is 6.20. The van der Waals surface area contributed by atoms with Gasteiger partial charge in [-0.3, -0.25) is 4.79 Å². The number of carbonyl (C=O) groups excluding carboxylic acids is 1. The quantitative estimate of drug-likeness (QED) is 0.751. The van der Waals surface area contributed by atoms with Crippen molar-refractivity contribution in [1.82, 2.24) is 5.32 Å². The Morgan fingerprint density at radius 1 is 1.42 bits per heavy atom. The summed E-state index contributed by atoms with van der Waals surface area (Å²) < 4.78 is 0. The van der Waals surface area contributed by atoms with E-state index >= 15 is 0 Å². The minimum absolute atomic E-state index is 0.129. The summed E-state index contributed by atoms with van der Waals surface area (Å²) in [5, 5.41) is 13.0. The predicted octanol–water partition coefficient (Wildman–Crippen LogP) is 2.47. The molecule has 2 rings (SSSR count). The molecular formula is C13H16Cl2N2O2. The second kappa shape index (κ2) is 5.99. The number of hydrogen-bond donors (Lipinski definition) is 3. The lowest BCUT2D eigenvalue weighted by Gasteiger charge is -2.15. The smallest absolute Gasteiger partial charge is 0.251 e. The summed E-state index contributed by atoms with van der Waals surface area (Å²) >= 11 is 11.7. The largest absolute Gasteiger partial charge is 0.397 e. The van der Waals surface area contributed by atoms with Gasteiger partial charge in [0.15, 0.2) is 0 Å². The zero-order valence-electron chi connectivity index (χ0n) is 10.3. The van der Waals surface area contributed by atoms with Gasteiger partial charge in [0.1, 0.15) is 0 Å². The van der Waals surface area contributed by atoms with E-state index < -0.39 is 0 Å². The number of halogens is 2. The molecule has 4 N–H and O–H groups in total. The highest BCUT2D eigenvalue weighted by molar-refractivity contribution is 6.43. The van der Waals surface area contributed by atoms with Crippen LogP contribution >= 0.6 is 23.2 Å². The SMILES string of the molecule is Nc1cc(C(=O)NCC2CCCC2O)cc(Cl)c1Cl. The molecule has 0 aliphatic heterocycles. The van der Waals surface area contributed by atoms with E-state index in [1.54, 1.807) is 0 Å². The highest BCUT2D eigenvalue weighted by atomic mass is 35.5. The van der Waals surface area contributed by atoms with Crippen LogP contribution < -0.4 is 11.1 Å². The number of nitrogen functional groups attached to an aromatic ring is 1. The van der Waals surface area contributed by atoms with Crippen molar-refractivity contribution in [3.05, 3.63) is 27.7 Å². The minimum atomic E-state index is -0.320. The van der Waals surface area contributed by atoms with E-state index in [1.807, 2.05) is 0 Å². The Kier molecular flexibility index (Phi) is 4.55. The lowest BCUT2D eigenvalue weighted by molar-refractivity contribution is 0.0917. The Balaban J connectivity index is 2.00. The Morgan fingerprint density at radius 2 is 2.16 bits per heavy atom. The molecule has 1 saturated carbocycles. The van der Waals surface area contributed by atoms with Gasteiger partial charge < -0.3 is 16.2 Å². The third-order valence-electron chi connectivity index (χ3n) is 3.46. The first-order valence-corrected chi connectivity index (χ1v) is 6.95. The van der Waals surface area contributed by atoms with E-state index in [4.69, 9.17) is 28.9 Å². The Bertz CT molecular complexity index is 471. The van der Waals surface area contributed by atoms with Gasteiger partial charge in [-0.1, -0.05) is 29.6 Å². The van der Waals surface area contributed by atoms with Gasteiger partial charge in [0.2, 0.25) is 0 Å². The summed E-state index contributed by atoms with van der Waals surface area (Å²) in [4.78, 5) is 12.0. The molecule has 1 aliphatic carbocycles. The molecule has 19 heavy (non-hydrogen) atoms. The zero-order chi connectivity index (χ0) is 14.0. The van der Waals surface area contributed by atoms with Gasteiger partial charge in [-0.05, 0) is 25.0 Å². The zero-order valence-corrected chi connectivity index (χ0v) is 11.8. The molecule has 0 radical (unpaired) electrons. The van der Waals surface area contributed by atoms with Gasteiger partial charge >= 0.3 is 0 Å². The van der Waals surface area contributed by atoms with Crippen molar-refractivity contribution in [2.24, 2.45) is 5.92 Å². The van der Waals surface area contributed by atoms with E-state index in [0.717, 1.165) is 19.3 Å². The normalized spacial score (nSPS) is 22.5. The van der Waals surface area contributed by atoms with Crippen LogP contribution in [-0.2, 0) is 0 Å². The van der Waals surface area contributed by atoms with Gasteiger partial charge in [0, 0.05) is 18.0 Å². The maximum Gasteiger partial charge on any atom is 0.251 e. The van der Waals surface area contributed by atoms with Crippen molar-refractivity contribution in [3.63, 3.8) is 0 Å². The van der Waals surface area contributed by atoms with Gasteiger partial charge in [-0.25, -0.2) is 0 Å². The van der Waals surface area contributed by atoms with Crippen LogP contribution in [0.1, 0.15) is 29.6 Å². The molecule has 4 nitrogen and oxygen atoms in total. The molecule has 0 bridgehead atoms. The third kappa shape index (κ3) is 3.32. The number of aliphatic hydroxyl groups is 1. The topological polar surface area (TPSA) is 75.4 Å². The number of carbonyl (C=O) groups is 1. The Morgan fingerprint density at radius 3 is 2.74 bits per heavy atom. The second-order valence-corrected chi connectivity index (χ2v) is 5.61. The molecule has 0 heterocycles. The van der Waals surface area contributed by atoms with Crippen LogP contribution in [0.15, 0.2) is 12.1 Å². The number of rotatable bonds is 3. The first kappa shape index (κ1) is 14.4. The average molecular weight is 303 g/mol. The molecule has 1 aliphatic rings. The number of hydrogen-bond acceptors (Lipinski definition) is 3. The lowest BCUT2D eigenvalue weighted by atomic mass is 10.1. The molecule has 1 fully saturated rings. The number of nitrogens with two attached hydrogens (primary N) is 1. The number of aliphatic hydroxyl groups excluding tert-OH is 1. The summed E-state index contributed by atoms with van der Waals surface area (Å²) in [5.74, 6) is -0.131. The summed E-state index contributed by atoms with van der Waals surface area (Å²) in [6.45, 7) is 0.458. The lowest BCUT2D eigenvalue weighted by Crippen LogP contribution is -2.32. The number of nitrogens with one attached hydrogen (secondary N) is 1. The van der Waals surface area contributed by atoms with Crippen molar-refractivity contribution >= 4 is 34.8 Å². The van der Waals surface area contributed by atoms with Crippen LogP contribution in [0.5, 0.6) is 0 Å². The molecule has 0 spiro atoms. The highest BCUT2D eigenvalue weighted by Gasteiger charge is 2.25. The van der Waals surface area contributed by atoms with Gasteiger partial charge in [0.05, 0.1) is 21.8 Å². The fraction of sp³-hybridized carbons (Fsp3) is 0.462. The van der Waals surface area contributed by atoms with Crippen molar-refractivity contribution in [3.8, 4) is 0 Å². The van der Waals surface area contributed by atoms with E-state index in [1.165, 1.54) is 12.1 Å². The van der Waals surface area contributed by atoms with Crippen LogP contribution in [0.3, 0.4) is 0 Å². The molecule has 0 aromatic heterocycles. The van der Waals surface area contributed by atoms with E-state index in [-0.39, 0.29) is 33.7 Å². The van der Waals surface area contributed by atoms with E-state index in [2.05, 4.69) is 5.32 Å². The predicted molar refractivity (Wildman–Crippen MR) is 76.6 cm³/mol. The highest BCUT2D eigenvalue weighted by Crippen LogP contribution is 2.29. The van der Waals surface area contributed by atoms with Gasteiger partial charge in [0.25, 0.3) is 5.91 Å². The van der Waals surface area contributed by atoms with Crippen LogP contribution in [0.2, 0.25) is 10.0 Å². The molecule has 6 heteroatoms. The third-order valence-corrected chi connectivity index (χ3v) is 4.28. The maximum absolute atomic E-state index is 12.0. The Labute approximate surface area is 121 Å². The number of anilines is 1. The molecule has 104 valence electrons. The van der Waals surface area contributed by atoms with Gasteiger partial charge in [-0.2, -0.15) is 0 Å². The van der Waals surface area contributed by atoms with Crippen molar-refractivity contribution in [2.75, 3.05) is 12.3 Å². The first-order chi connectivity index (χ1) is 8.99. The monoisotopic (exact) mass is 302 g/mol. The molecule has 1 aromatic carbocycles. The van der Waals surface area contributed by atoms with Crippen LogP contribution in [0, 0.1) is 5.92 Å². The molecule has 2 atom stereocenters. The molecule has 1 aromatic rings. The van der Waals surface area contributed by atoms with Crippen LogP contribution in [0.4, 0.5) is 5.69 Å². The minimum Gasteiger partial charge on any atom is -0.397 e. The van der Waals surface area contributed by atoms with E-state index in [9.17, 15) is 9.90 Å². The summed E-state index contributed by atoms with van der Waals surface area (Å²) in [5.41, 5.74) is 6.32. The number of benzene rings is 1. The molecule has 2 unspecified atom stereocenters. The van der Waals surface area contributed by atoms with E-state index in [0.29, 0.717) is 12.1 Å². The van der Waals surface area contributed by atoms with Crippen molar-refractivity contribution in [2.45, 2.75) is 25.4 Å². The van der Waals surface area contributed by atoms with Crippen molar-refractivity contribution < 1.29 is 9.90 Å². The second-order valence-electron chi connectivity index (χ2n) is 4.83. The maximum atomic E-state index is 12.0. The average Bonchev–Trinajstić information content (AvgIpc) is 2.78. The summed E-state index contributed by atoms with van der Waals surface area (Å²) in [6, 6.07) is 2.98. The Hall–Kier alpha value is -0.970. The van der Waals surface area contributed by atoms with Gasteiger partial charge in [-0.15, -0.1) is 0 Å². The van der Waals surface area contributed by atoms with Crippen LogP contribution in [-0.4, -0.2) is 23.7 Å². The summed E-state index contributed by atoms with van der Waals surface area (Å²) in [7, 11) is 0. The molecular weight excluding hydrogens is 287 g/mol. The molecule has 0 saturated heterocycles. The number of amides is 1. The van der Waals surface area contributed by atoms with Crippen molar-refractivity contribution in [1.29, 1.82) is 0 Å². The fourth-order valence-corrected chi connectivity index (χ4v) is 2.66. The van der Waals surface area contributed by atoms with Crippen LogP contribution in [0.25, 0.3) is 0 Å². The standard InChI is InChI=1S/C13H16Cl2N2O2/c14-9-4-8(5-10(16)12(9)15)13(19)17-6-7-2-1-3-11(7)18/h4-5,7,11,18H,1-3,6,16H2,(H,17,19). The summed E-state index contributed by atoms with van der Waals surface area (Å²) in [6.07, 6.45) is 2.42. The molecule has 1 amide bonds. The fourth-order valence-electron chi connectivity index (χ4n) is 2.32.